The molecule has 1 aromatic carbocycles. The molecule has 5 nitrogen and oxygen atoms in total. The Morgan fingerprint density at radius 2 is 2.04 bits per heavy atom. The van der Waals surface area contributed by atoms with Crippen LogP contribution in [0.5, 0.6) is 0 Å². The Kier molecular flexibility index (Phi) is 3.64. The molecular weight excluding hydrogens is 317 g/mol. The highest BCUT2D eigenvalue weighted by Crippen LogP contribution is 2.35. The Morgan fingerprint density at radius 3 is 2.83 bits per heavy atom. The zero-order chi connectivity index (χ0) is 15.4. The molecule has 23 heavy (non-hydrogen) atoms. The number of hydrogen-bond acceptors (Lipinski definition) is 4. The number of aromatic nitrogens is 3. The molecule has 3 heterocycles. The average molecular weight is 334 g/mol. The maximum Gasteiger partial charge on any atom is 0.150 e. The number of fused-ring (bicyclic) bond motifs is 2. The van der Waals surface area contributed by atoms with Crippen molar-refractivity contribution in [3.63, 3.8) is 0 Å². The van der Waals surface area contributed by atoms with Gasteiger partial charge in [-0.3, -0.25) is 4.40 Å². The van der Waals surface area contributed by atoms with Crippen molar-refractivity contribution >= 4 is 29.4 Å². The van der Waals surface area contributed by atoms with Crippen LogP contribution in [0.2, 0.25) is 0 Å². The van der Waals surface area contributed by atoms with E-state index in [9.17, 15) is 4.39 Å². The molecular formula is C16H17ClFN5. The molecule has 0 amide bonds. The fraction of sp³-hybridized carbons (Fsp3) is 0.250. The largest absolute Gasteiger partial charge is 0.384 e. The van der Waals surface area contributed by atoms with E-state index in [0.717, 1.165) is 29.3 Å². The molecule has 2 aromatic heterocycles. The minimum atomic E-state index is -0.220. The SMILES string of the molecule is Cc1cn2c(C)nc(-c3ccc4c(c3F)CCN4)c2c(N)n1.Cl. The highest BCUT2D eigenvalue weighted by Gasteiger charge is 2.22. The molecule has 3 aromatic rings. The van der Waals surface area contributed by atoms with Gasteiger partial charge in [0.1, 0.15) is 28.7 Å². The molecule has 0 aliphatic carbocycles. The second-order valence-electron chi connectivity index (χ2n) is 5.62. The average Bonchev–Trinajstić information content (AvgIpc) is 3.05. The number of anilines is 2. The summed E-state index contributed by atoms with van der Waals surface area (Å²) in [6.45, 7) is 4.51. The number of nitrogens with one attached hydrogen (secondary N) is 1. The Bertz CT molecular complexity index is 919. The van der Waals surface area contributed by atoms with E-state index in [0.29, 0.717) is 29.0 Å². The first-order valence-corrected chi connectivity index (χ1v) is 7.23. The maximum absolute atomic E-state index is 14.9. The molecule has 0 radical (unpaired) electrons. The molecule has 0 unspecified atom stereocenters. The molecule has 1 aliphatic rings. The third-order valence-corrected chi connectivity index (χ3v) is 4.13. The predicted octanol–water partition coefficient (Wildman–Crippen LogP) is 3.12. The summed E-state index contributed by atoms with van der Waals surface area (Å²) < 4.78 is 16.7. The summed E-state index contributed by atoms with van der Waals surface area (Å²) in [4.78, 5) is 8.82. The lowest BCUT2D eigenvalue weighted by Crippen LogP contribution is -2.00. The van der Waals surface area contributed by atoms with Gasteiger partial charge in [0.2, 0.25) is 0 Å². The Morgan fingerprint density at radius 1 is 1.26 bits per heavy atom. The van der Waals surface area contributed by atoms with Gasteiger partial charge in [-0.1, -0.05) is 0 Å². The molecule has 0 fully saturated rings. The standard InChI is InChI=1S/C16H16FN5.ClH/c1-8-7-22-9(2)21-14(15(22)16(18)20-8)11-3-4-12-10(13(11)17)5-6-19-12;/h3-4,7,19H,5-6H2,1-2H3,(H2,18,20);1H. The Balaban J connectivity index is 0.00000156. The van der Waals surface area contributed by atoms with Crippen molar-refractivity contribution in [3.05, 3.63) is 41.2 Å². The summed E-state index contributed by atoms with van der Waals surface area (Å²) in [5, 5.41) is 3.18. The van der Waals surface area contributed by atoms with Crippen molar-refractivity contribution in [3.8, 4) is 11.3 Å². The van der Waals surface area contributed by atoms with E-state index in [1.165, 1.54) is 0 Å². The van der Waals surface area contributed by atoms with Crippen molar-refractivity contribution in [2.24, 2.45) is 0 Å². The van der Waals surface area contributed by atoms with E-state index in [-0.39, 0.29) is 18.2 Å². The summed E-state index contributed by atoms with van der Waals surface area (Å²) in [6.07, 6.45) is 2.55. The second kappa shape index (κ2) is 5.38. The van der Waals surface area contributed by atoms with E-state index in [4.69, 9.17) is 5.73 Å². The quantitative estimate of drug-likeness (QED) is 0.718. The molecule has 4 rings (SSSR count). The monoisotopic (exact) mass is 333 g/mol. The van der Waals surface area contributed by atoms with Gasteiger partial charge in [-0.15, -0.1) is 12.4 Å². The van der Waals surface area contributed by atoms with E-state index < -0.39 is 0 Å². The number of nitrogens with zero attached hydrogens (tertiary/aromatic N) is 3. The van der Waals surface area contributed by atoms with Gasteiger partial charge in [-0.25, -0.2) is 14.4 Å². The van der Waals surface area contributed by atoms with Crippen LogP contribution in [0.4, 0.5) is 15.9 Å². The van der Waals surface area contributed by atoms with Crippen LogP contribution >= 0.6 is 12.4 Å². The van der Waals surface area contributed by atoms with E-state index in [2.05, 4.69) is 15.3 Å². The molecule has 0 atom stereocenters. The van der Waals surface area contributed by atoms with Crippen LogP contribution in [0, 0.1) is 19.7 Å². The van der Waals surface area contributed by atoms with Crippen LogP contribution in [0.1, 0.15) is 17.1 Å². The first-order valence-electron chi connectivity index (χ1n) is 7.23. The molecule has 3 N–H and O–H groups in total. The third kappa shape index (κ3) is 2.21. The van der Waals surface area contributed by atoms with Gasteiger partial charge >= 0.3 is 0 Å². The zero-order valence-electron chi connectivity index (χ0n) is 12.9. The zero-order valence-corrected chi connectivity index (χ0v) is 13.7. The molecule has 7 heteroatoms. The van der Waals surface area contributed by atoms with Crippen LogP contribution in [0.15, 0.2) is 18.3 Å². The van der Waals surface area contributed by atoms with Gasteiger partial charge in [0, 0.05) is 29.6 Å². The minimum absolute atomic E-state index is 0. The molecule has 0 saturated heterocycles. The molecule has 0 saturated carbocycles. The Labute approximate surface area is 139 Å². The summed E-state index contributed by atoms with van der Waals surface area (Å²) in [5.74, 6) is 0.913. The predicted molar refractivity (Wildman–Crippen MR) is 91.7 cm³/mol. The Hall–Kier alpha value is -2.34. The summed E-state index contributed by atoms with van der Waals surface area (Å²) in [5.41, 5.74) is 10.1. The van der Waals surface area contributed by atoms with Crippen molar-refractivity contribution < 1.29 is 4.39 Å². The minimum Gasteiger partial charge on any atom is -0.384 e. The van der Waals surface area contributed by atoms with Gasteiger partial charge in [-0.05, 0) is 32.4 Å². The summed E-state index contributed by atoms with van der Waals surface area (Å²) in [7, 11) is 0. The maximum atomic E-state index is 14.9. The summed E-state index contributed by atoms with van der Waals surface area (Å²) in [6, 6.07) is 3.66. The lowest BCUT2D eigenvalue weighted by Gasteiger charge is -2.07. The van der Waals surface area contributed by atoms with Crippen LogP contribution < -0.4 is 11.1 Å². The third-order valence-electron chi connectivity index (χ3n) is 4.13. The molecule has 0 bridgehead atoms. The number of imidazole rings is 1. The normalized spacial score (nSPS) is 12.8. The summed E-state index contributed by atoms with van der Waals surface area (Å²) >= 11 is 0. The number of nitrogens with two attached hydrogens (primary N) is 1. The number of halogens is 2. The highest BCUT2D eigenvalue weighted by atomic mass is 35.5. The number of hydrogen-bond donors (Lipinski definition) is 2. The fourth-order valence-corrected chi connectivity index (χ4v) is 3.13. The topological polar surface area (TPSA) is 68.2 Å². The smallest absolute Gasteiger partial charge is 0.150 e. The number of aryl methyl sites for hydroxylation is 2. The van der Waals surface area contributed by atoms with E-state index in [1.807, 2.05) is 30.5 Å². The van der Waals surface area contributed by atoms with Gasteiger partial charge < -0.3 is 11.1 Å². The first kappa shape index (κ1) is 15.6. The van der Waals surface area contributed by atoms with Gasteiger partial charge in [0.05, 0.1) is 5.69 Å². The molecule has 0 spiro atoms. The number of rotatable bonds is 1. The molecule has 1 aliphatic heterocycles. The lowest BCUT2D eigenvalue weighted by molar-refractivity contribution is 0.618. The highest BCUT2D eigenvalue weighted by molar-refractivity contribution is 5.87. The van der Waals surface area contributed by atoms with Crippen molar-refractivity contribution in [1.82, 2.24) is 14.4 Å². The van der Waals surface area contributed by atoms with E-state index in [1.54, 1.807) is 6.07 Å². The van der Waals surface area contributed by atoms with Crippen molar-refractivity contribution in [2.75, 3.05) is 17.6 Å². The molecule has 120 valence electrons. The van der Waals surface area contributed by atoms with E-state index >= 15 is 0 Å². The van der Waals surface area contributed by atoms with Gasteiger partial charge in [0.25, 0.3) is 0 Å². The van der Waals surface area contributed by atoms with Crippen LogP contribution in [-0.4, -0.2) is 20.9 Å². The van der Waals surface area contributed by atoms with Gasteiger partial charge in [-0.2, -0.15) is 0 Å². The van der Waals surface area contributed by atoms with Crippen LogP contribution in [0.25, 0.3) is 16.8 Å². The second-order valence-corrected chi connectivity index (χ2v) is 5.62. The fourth-order valence-electron chi connectivity index (χ4n) is 3.13. The van der Waals surface area contributed by atoms with Crippen LogP contribution in [0.3, 0.4) is 0 Å². The van der Waals surface area contributed by atoms with Crippen molar-refractivity contribution in [1.29, 1.82) is 0 Å². The lowest BCUT2D eigenvalue weighted by atomic mass is 10.0. The first-order chi connectivity index (χ1) is 10.6. The van der Waals surface area contributed by atoms with Crippen LogP contribution in [-0.2, 0) is 6.42 Å². The number of benzene rings is 1. The number of nitrogen functional groups attached to an aromatic ring is 1. The van der Waals surface area contributed by atoms with Gasteiger partial charge in [0.15, 0.2) is 0 Å². The van der Waals surface area contributed by atoms with Crippen molar-refractivity contribution in [2.45, 2.75) is 20.3 Å².